The SMILES string of the molecule is CC(Nc1nccc2ccccc12)C(=O)N1CCCC1. The molecule has 1 amide bonds. The molecule has 20 heavy (non-hydrogen) atoms. The summed E-state index contributed by atoms with van der Waals surface area (Å²) in [5.41, 5.74) is 0. The van der Waals surface area contributed by atoms with E-state index in [-0.39, 0.29) is 11.9 Å². The number of amides is 1. The Hall–Kier alpha value is -2.10. The molecule has 1 fully saturated rings. The molecule has 0 aliphatic carbocycles. The molecule has 0 bridgehead atoms. The van der Waals surface area contributed by atoms with Crippen LogP contribution < -0.4 is 5.32 Å². The lowest BCUT2D eigenvalue weighted by atomic mass is 10.1. The highest BCUT2D eigenvalue weighted by molar-refractivity contribution is 5.93. The molecule has 0 saturated carbocycles. The van der Waals surface area contributed by atoms with Crippen molar-refractivity contribution in [3.63, 3.8) is 0 Å². The van der Waals surface area contributed by atoms with Gasteiger partial charge in [0.1, 0.15) is 11.9 Å². The highest BCUT2D eigenvalue weighted by Gasteiger charge is 2.23. The molecule has 1 unspecified atom stereocenters. The van der Waals surface area contributed by atoms with Crippen molar-refractivity contribution in [2.45, 2.75) is 25.8 Å². The number of carbonyl (C=O) groups excluding carboxylic acids is 1. The van der Waals surface area contributed by atoms with Crippen molar-refractivity contribution in [3.05, 3.63) is 36.5 Å². The summed E-state index contributed by atoms with van der Waals surface area (Å²) in [5, 5.41) is 5.44. The summed E-state index contributed by atoms with van der Waals surface area (Å²) in [7, 11) is 0. The standard InChI is InChI=1S/C16H19N3O/c1-12(16(20)19-10-4-5-11-19)18-15-14-7-3-2-6-13(14)8-9-17-15/h2-3,6-9,12H,4-5,10-11H2,1H3,(H,17,18). The highest BCUT2D eigenvalue weighted by Crippen LogP contribution is 2.21. The van der Waals surface area contributed by atoms with E-state index in [1.807, 2.05) is 36.1 Å². The molecule has 4 heteroatoms. The van der Waals surface area contributed by atoms with E-state index in [9.17, 15) is 4.79 Å². The van der Waals surface area contributed by atoms with Crippen molar-refractivity contribution in [3.8, 4) is 0 Å². The number of anilines is 1. The van der Waals surface area contributed by atoms with Crippen LogP contribution in [-0.4, -0.2) is 34.9 Å². The summed E-state index contributed by atoms with van der Waals surface area (Å²) >= 11 is 0. The van der Waals surface area contributed by atoms with Crippen LogP contribution in [0, 0.1) is 0 Å². The molecule has 2 heterocycles. The Bertz CT molecular complexity index is 615. The Morgan fingerprint density at radius 1 is 1.25 bits per heavy atom. The van der Waals surface area contributed by atoms with Crippen molar-refractivity contribution < 1.29 is 4.79 Å². The maximum absolute atomic E-state index is 12.3. The predicted molar refractivity (Wildman–Crippen MR) is 80.6 cm³/mol. The van der Waals surface area contributed by atoms with Crippen LogP contribution in [0.4, 0.5) is 5.82 Å². The Kier molecular flexibility index (Phi) is 3.54. The molecule has 1 atom stereocenters. The van der Waals surface area contributed by atoms with Gasteiger partial charge in [-0.3, -0.25) is 4.79 Å². The average Bonchev–Trinajstić information content (AvgIpc) is 3.01. The van der Waals surface area contributed by atoms with Crippen LogP contribution in [0.25, 0.3) is 10.8 Å². The molecular formula is C16H19N3O. The number of carbonyl (C=O) groups is 1. The molecule has 2 aromatic rings. The Morgan fingerprint density at radius 2 is 2.00 bits per heavy atom. The minimum atomic E-state index is -0.244. The lowest BCUT2D eigenvalue weighted by Crippen LogP contribution is -2.39. The number of hydrogen-bond acceptors (Lipinski definition) is 3. The second-order valence-electron chi connectivity index (χ2n) is 5.28. The van der Waals surface area contributed by atoms with E-state index in [0.717, 1.165) is 42.5 Å². The van der Waals surface area contributed by atoms with E-state index in [0.29, 0.717) is 0 Å². The van der Waals surface area contributed by atoms with Crippen LogP contribution >= 0.6 is 0 Å². The average molecular weight is 269 g/mol. The van der Waals surface area contributed by atoms with E-state index >= 15 is 0 Å². The molecule has 1 aromatic carbocycles. The van der Waals surface area contributed by atoms with Crippen molar-refractivity contribution in [2.75, 3.05) is 18.4 Å². The molecule has 0 spiro atoms. The maximum atomic E-state index is 12.3. The summed E-state index contributed by atoms with van der Waals surface area (Å²) in [6.07, 6.45) is 4.01. The summed E-state index contributed by atoms with van der Waals surface area (Å²) in [6, 6.07) is 9.80. The number of likely N-dealkylation sites (tertiary alicyclic amines) is 1. The summed E-state index contributed by atoms with van der Waals surface area (Å²) in [5.74, 6) is 0.945. The van der Waals surface area contributed by atoms with Gasteiger partial charge >= 0.3 is 0 Å². The van der Waals surface area contributed by atoms with Gasteiger partial charge < -0.3 is 10.2 Å². The molecule has 1 N–H and O–H groups in total. The first kappa shape index (κ1) is 12.9. The van der Waals surface area contributed by atoms with Crippen LogP contribution in [0.2, 0.25) is 0 Å². The van der Waals surface area contributed by atoms with Gasteiger partial charge in [0.25, 0.3) is 0 Å². The van der Waals surface area contributed by atoms with Gasteiger partial charge in [0, 0.05) is 24.7 Å². The van der Waals surface area contributed by atoms with Crippen LogP contribution in [0.1, 0.15) is 19.8 Å². The van der Waals surface area contributed by atoms with Crippen molar-refractivity contribution in [1.82, 2.24) is 9.88 Å². The number of rotatable bonds is 3. The van der Waals surface area contributed by atoms with Crippen LogP contribution in [0.5, 0.6) is 0 Å². The third kappa shape index (κ3) is 2.46. The van der Waals surface area contributed by atoms with Gasteiger partial charge in [0.05, 0.1) is 0 Å². The number of nitrogens with one attached hydrogen (secondary N) is 1. The third-order valence-corrected chi connectivity index (χ3v) is 3.82. The van der Waals surface area contributed by atoms with Crippen LogP contribution in [0.3, 0.4) is 0 Å². The number of benzene rings is 1. The molecule has 1 saturated heterocycles. The summed E-state index contributed by atoms with van der Waals surface area (Å²) < 4.78 is 0. The summed E-state index contributed by atoms with van der Waals surface area (Å²) in [4.78, 5) is 18.6. The monoisotopic (exact) mass is 269 g/mol. The molecule has 3 rings (SSSR count). The normalized spacial score (nSPS) is 16.4. The Morgan fingerprint density at radius 3 is 2.80 bits per heavy atom. The fourth-order valence-corrected chi connectivity index (χ4v) is 2.71. The first-order valence-corrected chi connectivity index (χ1v) is 7.15. The lowest BCUT2D eigenvalue weighted by Gasteiger charge is -2.22. The van der Waals surface area contributed by atoms with E-state index in [1.165, 1.54) is 0 Å². The number of aromatic nitrogens is 1. The Labute approximate surface area is 118 Å². The molecule has 4 nitrogen and oxygen atoms in total. The first-order valence-electron chi connectivity index (χ1n) is 7.15. The zero-order valence-electron chi connectivity index (χ0n) is 11.7. The van der Waals surface area contributed by atoms with Crippen molar-refractivity contribution >= 4 is 22.5 Å². The van der Waals surface area contributed by atoms with Crippen LogP contribution in [-0.2, 0) is 4.79 Å². The highest BCUT2D eigenvalue weighted by atomic mass is 16.2. The largest absolute Gasteiger partial charge is 0.358 e. The van der Waals surface area contributed by atoms with E-state index in [1.54, 1.807) is 6.20 Å². The van der Waals surface area contributed by atoms with E-state index < -0.39 is 0 Å². The van der Waals surface area contributed by atoms with Gasteiger partial charge in [-0.05, 0) is 31.2 Å². The zero-order chi connectivity index (χ0) is 13.9. The molecule has 1 aliphatic heterocycles. The Balaban J connectivity index is 1.80. The predicted octanol–water partition coefficient (Wildman–Crippen LogP) is 2.66. The molecule has 0 radical (unpaired) electrons. The second kappa shape index (κ2) is 5.49. The number of nitrogens with zero attached hydrogens (tertiary/aromatic N) is 2. The molecule has 1 aromatic heterocycles. The number of pyridine rings is 1. The zero-order valence-corrected chi connectivity index (χ0v) is 11.7. The first-order chi connectivity index (χ1) is 9.75. The second-order valence-corrected chi connectivity index (χ2v) is 5.28. The molecule has 1 aliphatic rings. The minimum absolute atomic E-state index is 0.164. The number of hydrogen-bond donors (Lipinski definition) is 1. The van der Waals surface area contributed by atoms with Crippen molar-refractivity contribution in [2.24, 2.45) is 0 Å². The third-order valence-electron chi connectivity index (χ3n) is 3.82. The minimum Gasteiger partial charge on any atom is -0.358 e. The number of fused-ring (bicyclic) bond motifs is 1. The van der Waals surface area contributed by atoms with E-state index in [2.05, 4.69) is 16.4 Å². The van der Waals surface area contributed by atoms with Gasteiger partial charge in [-0.25, -0.2) is 4.98 Å². The van der Waals surface area contributed by atoms with Gasteiger partial charge in [-0.15, -0.1) is 0 Å². The maximum Gasteiger partial charge on any atom is 0.244 e. The van der Waals surface area contributed by atoms with Gasteiger partial charge in [0.2, 0.25) is 5.91 Å². The molecule has 104 valence electrons. The fourth-order valence-electron chi connectivity index (χ4n) is 2.71. The topological polar surface area (TPSA) is 45.2 Å². The van der Waals surface area contributed by atoms with E-state index in [4.69, 9.17) is 0 Å². The smallest absolute Gasteiger partial charge is 0.244 e. The summed E-state index contributed by atoms with van der Waals surface area (Å²) in [6.45, 7) is 3.67. The van der Waals surface area contributed by atoms with Gasteiger partial charge in [-0.1, -0.05) is 24.3 Å². The molecular weight excluding hydrogens is 250 g/mol. The quantitative estimate of drug-likeness (QED) is 0.931. The van der Waals surface area contributed by atoms with Crippen LogP contribution in [0.15, 0.2) is 36.5 Å². The lowest BCUT2D eigenvalue weighted by molar-refractivity contribution is -0.130. The van der Waals surface area contributed by atoms with Gasteiger partial charge in [-0.2, -0.15) is 0 Å². The fraction of sp³-hybridized carbons (Fsp3) is 0.375. The van der Waals surface area contributed by atoms with Crippen molar-refractivity contribution in [1.29, 1.82) is 0 Å². The van der Waals surface area contributed by atoms with Gasteiger partial charge in [0.15, 0.2) is 0 Å².